The Bertz CT molecular complexity index is 1540. The summed E-state index contributed by atoms with van der Waals surface area (Å²) in [6.07, 6.45) is 0. The average molecular weight is 475 g/mol. The number of carbonyl (C=O) groups excluding carboxylic acids is 4. The van der Waals surface area contributed by atoms with Gasteiger partial charge in [-0.3, -0.25) is 19.2 Å². The zero-order valence-electron chi connectivity index (χ0n) is 18.7. The van der Waals surface area contributed by atoms with Crippen molar-refractivity contribution in [3.05, 3.63) is 113 Å². The molecule has 2 aliphatic rings. The Morgan fingerprint density at radius 1 is 0.528 bits per heavy atom. The number of amides is 4. The van der Waals surface area contributed by atoms with Gasteiger partial charge < -0.3 is 10.5 Å². The SMILES string of the molecule is Nc1cc(Oc2ccc(N3C(=O)c4ccccc4C3=O)cc2)ccc1N1C(=O)c2ccccc2C1=O. The van der Waals surface area contributed by atoms with E-state index in [1.165, 1.54) is 6.07 Å². The number of hydrogen-bond donors (Lipinski definition) is 1. The van der Waals surface area contributed by atoms with Gasteiger partial charge in [0.1, 0.15) is 11.5 Å². The van der Waals surface area contributed by atoms with Crippen molar-refractivity contribution < 1.29 is 23.9 Å². The molecule has 0 fully saturated rings. The number of rotatable bonds is 4. The van der Waals surface area contributed by atoms with Gasteiger partial charge in [-0.05, 0) is 60.7 Å². The summed E-state index contributed by atoms with van der Waals surface area (Å²) in [5.74, 6) is -0.773. The van der Waals surface area contributed by atoms with Crippen LogP contribution in [0.2, 0.25) is 0 Å². The average Bonchev–Trinajstić information content (AvgIpc) is 3.30. The van der Waals surface area contributed by atoms with Gasteiger partial charge in [-0.15, -0.1) is 0 Å². The van der Waals surface area contributed by atoms with Gasteiger partial charge in [0.25, 0.3) is 23.6 Å². The monoisotopic (exact) mass is 475 g/mol. The van der Waals surface area contributed by atoms with E-state index in [4.69, 9.17) is 10.5 Å². The van der Waals surface area contributed by atoms with E-state index in [-0.39, 0.29) is 23.2 Å². The van der Waals surface area contributed by atoms with Crippen LogP contribution in [0.25, 0.3) is 0 Å². The number of nitrogens with two attached hydrogens (primary N) is 1. The fraction of sp³-hybridized carbons (Fsp3) is 0. The van der Waals surface area contributed by atoms with Gasteiger partial charge >= 0.3 is 0 Å². The fourth-order valence-corrected chi connectivity index (χ4v) is 4.43. The fourth-order valence-electron chi connectivity index (χ4n) is 4.43. The summed E-state index contributed by atoms with van der Waals surface area (Å²) in [5.41, 5.74) is 8.49. The van der Waals surface area contributed by atoms with Crippen molar-refractivity contribution in [1.82, 2.24) is 0 Å². The molecule has 6 rings (SSSR count). The lowest BCUT2D eigenvalue weighted by atomic mass is 10.1. The molecule has 2 N–H and O–H groups in total. The van der Waals surface area contributed by atoms with E-state index >= 15 is 0 Å². The summed E-state index contributed by atoms with van der Waals surface area (Å²) in [7, 11) is 0. The van der Waals surface area contributed by atoms with Crippen molar-refractivity contribution in [3.8, 4) is 11.5 Å². The van der Waals surface area contributed by atoms with Crippen LogP contribution in [0.15, 0.2) is 91.0 Å². The minimum absolute atomic E-state index is 0.199. The van der Waals surface area contributed by atoms with Crippen LogP contribution in [0.3, 0.4) is 0 Å². The summed E-state index contributed by atoms with van der Waals surface area (Å²) >= 11 is 0. The minimum atomic E-state index is -0.431. The van der Waals surface area contributed by atoms with Gasteiger partial charge in [0.05, 0.1) is 39.3 Å². The van der Waals surface area contributed by atoms with Crippen LogP contribution in [0.4, 0.5) is 17.1 Å². The van der Waals surface area contributed by atoms with Crippen molar-refractivity contribution in [3.63, 3.8) is 0 Å². The van der Waals surface area contributed by atoms with Gasteiger partial charge in [-0.2, -0.15) is 0 Å². The third-order valence-electron chi connectivity index (χ3n) is 6.16. The molecule has 0 saturated carbocycles. The highest BCUT2D eigenvalue weighted by Crippen LogP contribution is 2.36. The van der Waals surface area contributed by atoms with Crippen molar-refractivity contribution >= 4 is 40.7 Å². The molecule has 2 aliphatic heterocycles. The quantitative estimate of drug-likeness (QED) is 0.340. The van der Waals surface area contributed by atoms with E-state index in [9.17, 15) is 19.2 Å². The van der Waals surface area contributed by atoms with E-state index in [1.54, 1.807) is 84.9 Å². The number of ether oxygens (including phenoxy) is 1. The van der Waals surface area contributed by atoms with Crippen LogP contribution < -0.4 is 20.3 Å². The molecule has 4 aromatic rings. The predicted molar refractivity (Wildman–Crippen MR) is 133 cm³/mol. The largest absolute Gasteiger partial charge is 0.457 e. The molecule has 8 nitrogen and oxygen atoms in total. The van der Waals surface area contributed by atoms with E-state index in [0.29, 0.717) is 39.4 Å². The first-order valence-corrected chi connectivity index (χ1v) is 11.1. The Balaban J connectivity index is 1.21. The Morgan fingerprint density at radius 3 is 1.44 bits per heavy atom. The first kappa shape index (κ1) is 21.3. The molecule has 36 heavy (non-hydrogen) atoms. The second kappa shape index (κ2) is 7.92. The highest BCUT2D eigenvalue weighted by Gasteiger charge is 2.38. The minimum Gasteiger partial charge on any atom is -0.457 e. The van der Waals surface area contributed by atoms with Crippen LogP contribution in [0.5, 0.6) is 11.5 Å². The summed E-state index contributed by atoms with van der Waals surface area (Å²) in [5, 5.41) is 0. The zero-order valence-corrected chi connectivity index (χ0v) is 18.7. The lowest BCUT2D eigenvalue weighted by molar-refractivity contribution is 0.0910. The van der Waals surface area contributed by atoms with Crippen LogP contribution in [0, 0.1) is 0 Å². The molecule has 0 bridgehead atoms. The van der Waals surface area contributed by atoms with Crippen LogP contribution in [-0.4, -0.2) is 23.6 Å². The molecule has 4 amide bonds. The Labute approximate surface area is 205 Å². The Hall–Kier alpha value is -5.24. The molecule has 8 heteroatoms. The standard InChI is InChI=1S/C28H17N3O5/c29-23-15-18(13-14-24(23)31-27(34)21-7-3-4-8-22(21)28(31)35)36-17-11-9-16(10-12-17)30-25(32)19-5-1-2-6-20(19)26(30)33/h1-15H,29H2. The number of hydrogen-bond acceptors (Lipinski definition) is 6. The lowest BCUT2D eigenvalue weighted by Gasteiger charge is -2.17. The van der Waals surface area contributed by atoms with E-state index in [1.807, 2.05) is 0 Å². The van der Waals surface area contributed by atoms with Gasteiger partial charge in [0.2, 0.25) is 0 Å². The molecule has 0 aromatic heterocycles. The molecule has 0 atom stereocenters. The summed E-state index contributed by atoms with van der Waals surface area (Å²) in [6.45, 7) is 0. The van der Waals surface area contributed by atoms with Crippen molar-refractivity contribution in [1.29, 1.82) is 0 Å². The van der Waals surface area contributed by atoms with Crippen molar-refractivity contribution in [2.45, 2.75) is 0 Å². The second-order valence-electron chi connectivity index (χ2n) is 8.30. The normalized spacial score (nSPS) is 14.3. The lowest BCUT2D eigenvalue weighted by Crippen LogP contribution is -2.30. The highest BCUT2D eigenvalue weighted by atomic mass is 16.5. The first-order chi connectivity index (χ1) is 17.4. The molecule has 2 heterocycles. The van der Waals surface area contributed by atoms with E-state index < -0.39 is 11.8 Å². The highest BCUT2D eigenvalue weighted by molar-refractivity contribution is 6.35. The van der Waals surface area contributed by atoms with Gasteiger partial charge in [0, 0.05) is 6.07 Å². The van der Waals surface area contributed by atoms with Crippen LogP contribution in [-0.2, 0) is 0 Å². The van der Waals surface area contributed by atoms with Gasteiger partial charge in [0.15, 0.2) is 0 Å². The molecular weight excluding hydrogens is 458 g/mol. The third kappa shape index (κ3) is 3.16. The topological polar surface area (TPSA) is 110 Å². The zero-order chi connectivity index (χ0) is 25.0. The number of fused-ring (bicyclic) bond motifs is 2. The first-order valence-electron chi connectivity index (χ1n) is 11.1. The predicted octanol–water partition coefficient (Wildman–Crippen LogP) is 4.66. The number of nitrogens with zero attached hydrogens (tertiary/aromatic N) is 2. The maximum absolute atomic E-state index is 12.8. The van der Waals surface area contributed by atoms with Crippen molar-refractivity contribution in [2.75, 3.05) is 15.5 Å². The Morgan fingerprint density at radius 2 is 0.972 bits per heavy atom. The molecule has 0 saturated heterocycles. The molecule has 174 valence electrons. The smallest absolute Gasteiger partial charge is 0.266 e. The molecule has 0 spiro atoms. The molecule has 4 aromatic carbocycles. The maximum atomic E-state index is 12.8. The summed E-state index contributed by atoms with van der Waals surface area (Å²) < 4.78 is 5.87. The van der Waals surface area contributed by atoms with Crippen LogP contribution in [0.1, 0.15) is 41.4 Å². The number of imide groups is 2. The van der Waals surface area contributed by atoms with Crippen molar-refractivity contribution in [2.24, 2.45) is 0 Å². The van der Waals surface area contributed by atoms with Gasteiger partial charge in [-0.1, -0.05) is 24.3 Å². The number of anilines is 3. The maximum Gasteiger partial charge on any atom is 0.266 e. The van der Waals surface area contributed by atoms with Gasteiger partial charge in [-0.25, -0.2) is 9.80 Å². The number of benzene rings is 4. The molecule has 0 radical (unpaired) electrons. The molecular formula is C28H17N3O5. The van der Waals surface area contributed by atoms with E-state index in [0.717, 1.165) is 9.80 Å². The van der Waals surface area contributed by atoms with Crippen LogP contribution >= 0.6 is 0 Å². The Kier molecular flexibility index (Phi) is 4.69. The number of nitrogen functional groups attached to an aromatic ring is 1. The number of carbonyl (C=O) groups is 4. The molecule has 0 aliphatic carbocycles. The third-order valence-corrected chi connectivity index (χ3v) is 6.16. The second-order valence-corrected chi connectivity index (χ2v) is 8.30. The summed E-state index contributed by atoms with van der Waals surface area (Å²) in [4.78, 5) is 53.1. The molecule has 0 unspecified atom stereocenters. The summed E-state index contributed by atoms with van der Waals surface area (Å²) in [6, 6.07) is 24.5. The van der Waals surface area contributed by atoms with E-state index in [2.05, 4.69) is 0 Å².